The van der Waals surface area contributed by atoms with E-state index in [1.165, 1.54) is 64.2 Å². The Bertz CT molecular complexity index is 376. The first-order valence-electron chi connectivity index (χ1n) is 11.3. The fourth-order valence-electron chi connectivity index (χ4n) is 5.67. The van der Waals surface area contributed by atoms with Gasteiger partial charge in [-0.3, -0.25) is 0 Å². The summed E-state index contributed by atoms with van der Waals surface area (Å²) in [5.41, 5.74) is 0. The zero-order valence-electron chi connectivity index (χ0n) is 17.8. The summed E-state index contributed by atoms with van der Waals surface area (Å²) in [7, 11) is 9.78. The average Bonchev–Trinajstić information content (AvgIpc) is 2.62. The van der Waals surface area contributed by atoms with Crippen molar-refractivity contribution in [2.75, 3.05) is 0 Å². The summed E-state index contributed by atoms with van der Waals surface area (Å²) in [4.78, 5) is 0. The van der Waals surface area contributed by atoms with Crippen molar-refractivity contribution in [3.63, 3.8) is 0 Å². The molecule has 0 amide bonds. The molecular formula is C22H40Cl2N2Ti-2. The van der Waals surface area contributed by atoms with Crippen molar-refractivity contribution in [3.05, 3.63) is 10.6 Å². The molecule has 0 aromatic carbocycles. The summed E-state index contributed by atoms with van der Waals surface area (Å²) >= 11 is -0.556. The van der Waals surface area contributed by atoms with Gasteiger partial charge in [0.05, 0.1) is 0 Å². The van der Waals surface area contributed by atoms with Crippen molar-refractivity contribution in [1.82, 2.24) is 0 Å². The van der Waals surface area contributed by atoms with E-state index >= 15 is 0 Å². The Morgan fingerprint density at radius 1 is 0.593 bits per heavy atom. The Labute approximate surface area is 185 Å². The molecule has 3 saturated carbocycles. The number of halogens is 2. The van der Waals surface area contributed by atoms with E-state index in [9.17, 15) is 0 Å². The third-order valence-electron chi connectivity index (χ3n) is 7.23. The fraction of sp³-hybridized carbons (Fsp3) is 1.00. The van der Waals surface area contributed by atoms with Crippen LogP contribution in [0.15, 0.2) is 0 Å². The minimum absolute atomic E-state index is 0.533. The maximum absolute atomic E-state index is 5.40. The van der Waals surface area contributed by atoms with Gasteiger partial charge >= 0.3 is 35.6 Å². The van der Waals surface area contributed by atoms with Gasteiger partial charge in [-0.25, -0.2) is 0 Å². The Morgan fingerprint density at radius 2 is 0.963 bits per heavy atom. The van der Waals surface area contributed by atoms with Crippen LogP contribution in [0.4, 0.5) is 0 Å². The van der Waals surface area contributed by atoms with Crippen molar-refractivity contribution >= 4 is 18.6 Å². The van der Waals surface area contributed by atoms with Gasteiger partial charge < -0.3 is 10.6 Å². The Balaban J connectivity index is 0.000000817. The molecule has 0 aromatic rings. The molecule has 3 fully saturated rings. The molecule has 8 atom stereocenters. The van der Waals surface area contributed by atoms with E-state index in [-0.39, 0.29) is 0 Å². The van der Waals surface area contributed by atoms with Gasteiger partial charge in [0.2, 0.25) is 0 Å². The molecule has 3 aliphatic rings. The molecule has 8 unspecified atom stereocenters. The minimum atomic E-state index is -0.556. The molecule has 2 nitrogen and oxygen atoms in total. The summed E-state index contributed by atoms with van der Waals surface area (Å²) in [6, 6.07) is 2.30. The Kier molecular flexibility index (Phi) is 11.6. The van der Waals surface area contributed by atoms with Crippen LogP contribution in [0.3, 0.4) is 0 Å². The van der Waals surface area contributed by atoms with E-state index < -0.39 is 17.0 Å². The van der Waals surface area contributed by atoms with Gasteiger partial charge in [-0.1, -0.05) is 90.9 Å². The van der Waals surface area contributed by atoms with Crippen molar-refractivity contribution < 1.29 is 17.0 Å². The summed E-state index contributed by atoms with van der Waals surface area (Å²) in [5, 5.41) is 10.8. The number of rotatable bonds is 4. The first-order valence-corrected chi connectivity index (χ1v) is 15.6. The summed E-state index contributed by atoms with van der Waals surface area (Å²) in [5.74, 6) is 3.38. The van der Waals surface area contributed by atoms with Gasteiger partial charge in [-0.15, -0.1) is 12.1 Å². The van der Waals surface area contributed by atoms with Gasteiger partial charge in [0.25, 0.3) is 0 Å². The second-order valence-electron chi connectivity index (χ2n) is 9.71. The quantitative estimate of drug-likeness (QED) is 0.387. The molecule has 3 rings (SSSR count). The molecule has 5 heteroatoms. The van der Waals surface area contributed by atoms with Gasteiger partial charge in [0.15, 0.2) is 0 Å². The van der Waals surface area contributed by atoms with E-state index in [1.54, 1.807) is 0 Å². The molecule has 27 heavy (non-hydrogen) atoms. The van der Waals surface area contributed by atoms with Gasteiger partial charge in [0, 0.05) is 0 Å². The number of nitrogens with zero attached hydrogens (tertiary/aromatic N) is 2. The summed E-state index contributed by atoms with van der Waals surface area (Å²) in [6.45, 7) is 9.70. The van der Waals surface area contributed by atoms with Crippen molar-refractivity contribution in [2.45, 2.75) is 116 Å². The van der Waals surface area contributed by atoms with Crippen molar-refractivity contribution in [1.29, 1.82) is 0 Å². The molecule has 0 spiro atoms. The monoisotopic (exact) mass is 450 g/mol. The molecule has 0 aromatic heterocycles. The molecule has 0 radical (unpaired) electrons. The first kappa shape index (κ1) is 24.5. The summed E-state index contributed by atoms with van der Waals surface area (Å²) in [6.07, 6.45) is 13.5. The second-order valence-corrected chi connectivity index (χ2v) is 12.3. The van der Waals surface area contributed by atoms with Gasteiger partial charge in [-0.05, 0) is 24.7 Å². The van der Waals surface area contributed by atoms with Crippen LogP contribution in [-0.2, 0) is 17.0 Å². The standard InChI is InChI=1S/C22H40N2.2ClH.Ti/c1-15-9-11-19(17(3)13-15)23-21-7-5-6-8-22(21)24-20-12-10-16(2)14-18(20)4;;;/h15-22H,5-14H2,1-4H3;2*1H;/q-2;;;+2/p-2. The zero-order valence-corrected chi connectivity index (χ0v) is 20.9. The third kappa shape index (κ3) is 8.10. The summed E-state index contributed by atoms with van der Waals surface area (Å²) < 4.78 is 0. The average molecular weight is 451 g/mol. The van der Waals surface area contributed by atoms with E-state index in [0.717, 1.165) is 23.7 Å². The van der Waals surface area contributed by atoms with Crippen LogP contribution >= 0.6 is 18.6 Å². The molecule has 0 aliphatic heterocycles. The van der Waals surface area contributed by atoms with Crippen LogP contribution in [0, 0.1) is 23.7 Å². The van der Waals surface area contributed by atoms with Gasteiger partial charge in [-0.2, -0.15) is 12.1 Å². The normalized spacial score (nSPS) is 42.7. The fourth-order valence-corrected chi connectivity index (χ4v) is 5.67. The van der Waals surface area contributed by atoms with Crippen LogP contribution in [0.5, 0.6) is 0 Å². The van der Waals surface area contributed by atoms with Crippen LogP contribution in [0.1, 0.15) is 91.9 Å². The van der Waals surface area contributed by atoms with E-state index in [1.807, 2.05) is 0 Å². The molecular weight excluding hydrogens is 411 g/mol. The SMILES string of the molecule is CC1CCC([N-]C2CCCCC2[N-]C2CCC(C)CC2C)C(C)C1.[Cl][Ti][Cl]. The van der Waals surface area contributed by atoms with Crippen molar-refractivity contribution in [2.24, 2.45) is 23.7 Å². The van der Waals surface area contributed by atoms with Crippen LogP contribution < -0.4 is 0 Å². The molecule has 0 heterocycles. The van der Waals surface area contributed by atoms with Crippen LogP contribution in [0.25, 0.3) is 10.6 Å². The maximum atomic E-state index is 5.40. The van der Waals surface area contributed by atoms with E-state index in [0.29, 0.717) is 24.2 Å². The number of hydrogen-bond donors (Lipinski definition) is 0. The van der Waals surface area contributed by atoms with Crippen LogP contribution in [-0.4, -0.2) is 24.2 Å². The molecule has 0 saturated heterocycles. The Morgan fingerprint density at radius 3 is 1.30 bits per heavy atom. The zero-order chi connectivity index (χ0) is 19.8. The predicted octanol–water partition coefficient (Wildman–Crippen LogP) is 8.07. The second kappa shape index (κ2) is 12.8. The van der Waals surface area contributed by atoms with Crippen molar-refractivity contribution in [3.8, 4) is 0 Å². The first-order chi connectivity index (χ1) is 12.9. The molecule has 158 valence electrons. The third-order valence-corrected chi connectivity index (χ3v) is 7.23. The number of hydrogen-bond acceptors (Lipinski definition) is 0. The topological polar surface area (TPSA) is 28.2 Å². The molecule has 3 aliphatic carbocycles. The molecule has 0 bridgehead atoms. The molecule has 0 N–H and O–H groups in total. The van der Waals surface area contributed by atoms with Gasteiger partial charge in [0.1, 0.15) is 0 Å². The van der Waals surface area contributed by atoms with Crippen LogP contribution in [0.2, 0.25) is 0 Å². The Hall–Kier alpha value is 1.21. The van der Waals surface area contributed by atoms with E-state index in [2.05, 4.69) is 27.7 Å². The predicted molar refractivity (Wildman–Crippen MR) is 116 cm³/mol. The van der Waals surface area contributed by atoms with E-state index in [4.69, 9.17) is 29.2 Å².